The van der Waals surface area contributed by atoms with E-state index in [1.165, 1.54) is 0 Å². The van der Waals surface area contributed by atoms with Crippen molar-refractivity contribution >= 4 is 17.7 Å². The highest BCUT2D eigenvalue weighted by atomic mass is 16.6. The summed E-state index contributed by atoms with van der Waals surface area (Å²) in [6.07, 6.45) is 1.56. The van der Waals surface area contributed by atoms with E-state index in [2.05, 4.69) is 21.8 Å². The Labute approximate surface area is 125 Å². The quantitative estimate of drug-likeness (QED) is 0.900. The van der Waals surface area contributed by atoms with Crippen LogP contribution < -0.4 is 10.6 Å². The van der Waals surface area contributed by atoms with Gasteiger partial charge in [0.15, 0.2) is 0 Å². The summed E-state index contributed by atoms with van der Waals surface area (Å²) in [5.41, 5.74) is 5.85. The molecule has 2 rings (SSSR count). The molecule has 1 aromatic rings. The zero-order valence-corrected chi connectivity index (χ0v) is 12.7. The van der Waals surface area contributed by atoms with E-state index in [9.17, 15) is 4.79 Å². The molecule has 0 saturated carbocycles. The molecule has 0 bridgehead atoms. The average Bonchev–Trinajstić information content (AvgIpc) is 2.47. The van der Waals surface area contributed by atoms with Gasteiger partial charge in [0.1, 0.15) is 17.5 Å². The summed E-state index contributed by atoms with van der Waals surface area (Å²) < 4.78 is 5.02. The average molecular weight is 293 g/mol. The number of amides is 1. The zero-order chi connectivity index (χ0) is 15.2. The third-order valence-corrected chi connectivity index (χ3v) is 3.38. The third kappa shape index (κ3) is 3.96. The molecule has 0 atom stereocenters. The number of hydrogen-bond donors (Lipinski definition) is 1. The highest BCUT2D eigenvalue weighted by Crippen LogP contribution is 2.17. The molecular weight excluding hydrogens is 270 g/mol. The molecule has 7 nitrogen and oxygen atoms in total. The van der Waals surface area contributed by atoms with Crippen molar-refractivity contribution < 1.29 is 9.53 Å². The highest BCUT2D eigenvalue weighted by molar-refractivity contribution is 5.68. The summed E-state index contributed by atoms with van der Waals surface area (Å²) >= 11 is 0. The second-order valence-electron chi connectivity index (χ2n) is 4.99. The van der Waals surface area contributed by atoms with Gasteiger partial charge in [-0.05, 0) is 13.3 Å². The summed E-state index contributed by atoms with van der Waals surface area (Å²) in [4.78, 5) is 24.3. The summed E-state index contributed by atoms with van der Waals surface area (Å²) in [6, 6.07) is 1.79. The Kier molecular flexibility index (Phi) is 5.19. The number of ether oxygens (including phenoxy) is 1. The van der Waals surface area contributed by atoms with E-state index in [1.54, 1.807) is 11.0 Å². The Morgan fingerprint density at radius 1 is 1.29 bits per heavy atom. The van der Waals surface area contributed by atoms with Crippen LogP contribution in [0.25, 0.3) is 0 Å². The van der Waals surface area contributed by atoms with E-state index in [1.807, 2.05) is 6.92 Å². The van der Waals surface area contributed by atoms with Crippen LogP contribution in [0.1, 0.15) is 26.1 Å². The first-order valence-corrected chi connectivity index (χ1v) is 7.44. The Bertz CT molecular complexity index is 486. The first-order valence-electron chi connectivity index (χ1n) is 7.44. The van der Waals surface area contributed by atoms with E-state index in [0.29, 0.717) is 25.5 Å². The Hall–Kier alpha value is -2.05. The second kappa shape index (κ2) is 7.10. The number of carbonyl (C=O) groups excluding carboxylic acids is 1. The van der Waals surface area contributed by atoms with Crippen molar-refractivity contribution in [2.75, 3.05) is 43.4 Å². The van der Waals surface area contributed by atoms with Crippen LogP contribution in [-0.4, -0.2) is 53.7 Å². The molecule has 0 spiro atoms. The number of aryl methyl sites for hydroxylation is 1. The molecular formula is C14H23N5O2. The number of nitrogens with two attached hydrogens (primary N) is 1. The smallest absolute Gasteiger partial charge is 0.409 e. The first kappa shape index (κ1) is 15.3. The molecule has 1 aromatic heterocycles. The van der Waals surface area contributed by atoms with Crippen molar-refractivity contribution in [1.29, 1.82) is 0 Å². The van der Waals surface area contributed by atoms with Crippen LogP contribution >= 0.6 is 0 Å². The number of rotatable bonds is 4. The molecule has 21 heavy (non-hydrogen) atoms. The van der Waals surface area contributed by atoms with Crippen LogP contribution in [0.3, 0.4) is 0 Å². The summed E-state index contributed by atoms with van der Waals surface area (Å²) in [5.74, 6) is 2.12. The van der Waals surface area contributed by atoms with Gasteiger partial charge in [0.05, 0.1) is 6.61 Å². The lowest BCUT2D eigenvalue weighted by Crippen LogP contribution is -2.49. The highest BCUT2D eigenvalue weighted by Gasteiger charge is 2.23. The molecule has 116 valence electrons. The standard InChI is InChI=1S/C14H23N5O2/c1-3-5-12-16-11(15)10-13(17-12)18-6-8-19(9-7-18)14(20)21-4-2/h10H,3-9H2,1-2H3,(H2,15,16,17). The predicted octanol–water partition coefficient (Wildman–Crippen LogP) is 1.29. The number of aromatic nitrogens is 2. The van der Waals surface area contributed by atoms with Crippen LogP contribution in [0, 0.1) is 0 Å². The maximum absolute atomic E-state index is 11.7. The van der Waals surface area contributed by atoms with Gasteiger partial charge in [-0.15, -0.1) is 0 Å². The summed E-state index contributed by atoms with van der Waals surface area (Å²) in [5, 5.41) is 0. The SMILES string of the molecule is CCCc1nc(N)cc(N2CCN(C(=O)OCC)CC2)n1. The van der Waals surface area contributed by atoms with Crippen molar-refractivity contribution in [2.24, 2.45) is 0 Å². The van der Waals surface area contributed by atoms with Gasteiger partial charge in [-0.2, -0.15) is 0 Å². The van der Waals surface area contributed by atoms with Crippen molar-refractivity contribution in [2.45, 2.75) is 26.7 Å². The largest absolute Gasteiger partial charge is 0.450 e. The van der Waals surface area contributed by atoms with Gasteiger partial charge in [0, 0.05) is 38.7 Å². The molecule has 0 radical (unpaired) electrons. The van der Waals surface area contributed by atoms with Gasteiger partial charge in [0.25, 0.3) is 0 Å². The molecule has 1 aliphatic rings. The fourth-order valence-corrected chi connectivity index (χ4v) is 2.33. The Morgan fingerprint density at radius 3 is 2.62 bits per heavy atom. The number of anilines is 2. The molecule has 0 aromatic carbocycles. The maximum atomic E-state index is 11.7. The molecule has 7 heteroatoms. The molecule has 1 fully saturated rings. The number of nitrogens with zero attached hydrogens (tertiary/aromatic N) is 4. The van der Waals surface area contributed by atoms with Crippen LogP contribution in [-0.2, 0) is 11.2 Å². The van der Waals surface area contributed by atoms with Gasteiger partial charge >= 0.3 is 6.09 Å². The minimum Gasteiger partial charge on any atom is -0.450 e. The Balaban J connectivity index is 2.00. The zero-order valence-electron chi connectivity index (χ0n) is 12.7. The fraction of sp³-hybridized carbons (Fsp3) is 0.643. The lowest BCUT2D eigenvalue weighted by atomic mass is 10.3. The van der Waals surface area contributed by atoms with Crippen LogP contribution in [0.15, 0.2) is 6.07 Å². The van der Waals surface area contributed by atoms with Crippen LogP contribution in [0.5, 0.6) is 0 Å². The molecule has 2 N–H and O–H groups in total. The second-order valence-corrected chi connectivity index (χ2v) is 4.99. The van der Waals surface area contributed by atoms with Crippen LogP contribution in [0.2, 0.25) is 0 Å². The van der Waals surface area contributed by atoms with E-state index in [4.69, 9.17) is 10.5 Å². The minimum atomic E-state index is -0.244. The van der Waals surface area contributed by atoms with Crippen molar-refractivity contribution in [3.05, 3.63) is 11.9 Å². The molecule has 1 amide bonds. The maximum Gasteiger partial charge on any atom is 0.409 e. The van der Waals surface area contributed by atoms with Gasteiger partial charge < -0.3 is 20.3 Å². The van der Waals surface area contributed by atoms with Crippen molar-refractivity contribution in [1.82, 2.24) is 14.9 Å². The molecule has 1 aliphatic heterocycles. The van der Waals surface area contributed by atoms with Crippen molar-refractivity contribution in [3.8, 4) is 0 Å². The molecule has 0 unspecified atom stereocenters. The predicted molar refractivity (Wildman–Crippen MR) is 81.2 cm³/mol. The van der Waals surface area contributed by atoms with Gasteiger partial charge in [-0.25, -0.2) is 14.8 Å². The third-order valence-electron chi connectivity index (χ3n) is 3.38. The Morgan fingerprint density at radius 2 is 2.00 bits per heavy atom. The normalized spacial score (nSPS) is 15.1. The fourth-order valence-electron chi connectivity index (χ4n) is 2.33. The van der Waals surface area contributed by atoms with E-state index >= 15 is 0 Å². The monoisotopic (exact) mass is 293 g/mol. The first-order chi connectivity index (χ1) is 10.1. The van der Waals surface area contributed by atoms with Gasteiger partial charge in [0.2, 0.25) is 0 Å². The molecule has 0 aliphatic carbocycles. The van der Waals surface area contributed by atoms with E-state index < -0.39 is 0 Å². The van der Waals surface area contributed by atoms with E-state index in [0.717, 1.165) is 37.6 Å². The summed E-state index contributed by atoms with van der Waals surface area (Å²) in [7, 11) is 0. The lowest BCUT2D eigenvalue weighted by Gasteiger charge is -2.34. The van der Waals surface area contributed by atoms with Gasteiger partial charge in [-0.1, -0.05) is 6.92 Å². The molecule has 2 heterocycles. The number of piperazine rings is 1. The van der Waals surface area contributed by atoms with Crippen molar-refractivity contribution in [3.63, 3.8) is 0 Å². The number of hydrogen-bond acceptors (Lipinski definition) is 6. The number of carbonyl (C=O) groups is 1. The summed E-state index contributed by atoms with van der Waals surface area (Å²) in [6.45, 7) is 7.01. The molecule has 1 saturated heterocycles. The number of nitrogen functional groups attached to an aromatic ring is 1. The van der Waals surface area contributed by atoms with Gasteiger partial charge in [-0.3, -0.25) is 0 Å². The lowest BCUT2D eigenvalue weighted by molar-refractivity contribution is 0.105. The van der Waals surface area contributed by atoms with Crippen LogP contribution in [0.4, 0.5) is 16.4 Å². The minimum absolute atomic E-state index is 0.244. The van der Waals surface area contributed by atoms with E-state index in [-0.39, 0.29) is 6.09 Å². The topological polar surface area (TPSA) is 84.6 Å².